The van der Waals surface area contributed by atoms with Crippen LogP contribution in [0.2, 0.25) is 0 Å². The molecule has 0 saturated heterocycles. The second-order valence-corrected chi connectivity index (χ2v) is 9.00. The topological polar surface area (TPSA) is 97.4 Å². The molecule has 3 rings (SSSR count). The van der Waals surface area contributed by atoms with Gasteiger partial charge in [-0.1, -0.05) is 18.2 Å². The van der Waals surface area contributed by atoms with Crippen molar-refractivity contribution in [2.45, 2.75) is 31.7 Å². The molecule has 0 atom stereocenters. The number of aromatic nitrogens is 1. The molecule has 1 heterocycles. The van der Waals surface area contributed by atoms with Crippen LogP contribution in [0.15, 0.2) is 65.7 Å². The van der Waals surface area contributed by atoms with Crippen molar-refractivity contribution >= 4 is 15.9 Å². The van der Waals surface area contributed by atoms with Gasteiger partial charge in [0.2, 0.25) is 21.8 Å². The van der Waals surface area contributed by atoms with Gasteiger partial charge in [-0.05, 0) is 54.8 Å². The summed E-state index contributed by atoms with van der Waals surface area (Å²) in [6, 6.07) is 14.0. The molecule has 0 radical (unpaired) electrons. The number of halogens is 1. The van der Waals surface area contributed by atoms with E-state index >= 15 is 0 Å². The highest BCUT2D eigenvalue weighted by atomic mass is 32.2. The number of sulfonamides is 1. The van der Waals surface area contributed by atoms with Gasteiger partial charge < -0.3 is 10.1 Å². The molecule has 0 aliphatic carbocycles. The predicted molar refractivity (Wildman–Crippen MR) is 118 cm³/mol. The molecular formula is C23H24FN3O4S. The number of nitrogens with zero attached hydrogens (tertiary/aromatic N) is 1. The molecule has 1 amide bonds. The summed E-state index contributed by atoms with van der Waals surface area (Å²) in [5, 5.41) is 2.71. The van der Waals surface area contributed by atoms with Gasteiger partial charge in [-0.25, -0.2) is 22.5 Å². The minimum absolute atomic E-state index is 0.00172. The van der Waals surface area contributed by atoms with Crippen LogP contribution in [0, 0.1) is 19.7 Å². The fraction of sp³-hybridized carbons (Fsp3) is 0.217. The third-order valence-corrected chi connectivity index (χ3v) is 6.20. The summed E-state index contributed by atoms with van der Waals surface area (Å²) in [6.45, 7) is 3.97. The zero-order chi connectivity index (χ0) is 23.1. The first kappa shape index (κ1) is 23.4. The molecule has 32 heavy (non-hydrogen) atoms. The second kappa shape index (κ2) is 10.3. The van der Waals surface area contributed by atoms with Crippen molar-refractivity contribution in [3.63, 3.8) is 0 Å². The molecule has 0 unspecified atom stereocenters. The minimum Gasteiger partial charge on any atom is -0.439 e. The summed E-state index contributed by atoms with van der Waals surface area (Å²) >= 11 is 0. The molecule has 3 aromatic rings. The van der Waals surface area contributed by atoms with Crippen LogP contribution in [0.4, 0.5) is 4.39 Å². The van der Waals surface area contributed by atoms with Gasteiger partial charge in [0.05, 0.1) is 4.90 Å². The van der Waals surface area contributed by atoms with E-state index in [1.54, 1.807) is 36.4 Å². The van der Waals surface area contributed by atoms with Crippen molar-refractivity contribution in [2.75, 3.05) is 6.54 Å². The normalized spacial score (nSPS) is 11.2. The zero-order valence-electron chi connectivity index (χ0n) is 17.8. The number of ether oxygens (including phenoxy) is 1. The Morgan fingerprint density at radius 1 is 1.06 bits per heavy atom. The summed E-state index contributed by atoms with van der Waals surface area (Å²) < 4.78 is 45.8. The largest absolute Gasteiger partial charge is 0.439 e. The number of nitrogens with one attached hydrogen (secondary N) is 2. The zero-order valence-corrected chi connectivity index (χ0v) is 18.6. The van der Waals surface area contributed by atoms with Crippen LogP contribution in [0.3, 0.4) is 0 Å². The Labute approximate surface area is 186 Å². The molecule has 0 bridgehead atoms. The molecule has 9 heteroatoms. The molecule has 0 aliphatic heterocycles. The molecule has 168 valence electrons. The first-order valence-electron chi connectivity index (χ1n) is 9.95. The van der Waals surface area contributed by atoms with Gasteiger partial charge in [0.25, 0.3) is 0 Å². The highest BCUT2D eigenvalue weighted by Crippen LogP contribution is 2.20. The van der Waals surface area contributed by atoms with E-state index in [0.29, 0.717) is 11.6 Å². The average Bonchev–Trinajstić information content (AvgIpc) is 2.75. The van der Waals surface area contributed by atoms with Crippen molar-refractivity contribution in [2.24, 2.45) is 0 Å². The van der Waals surface area contributed by atoms with Crippen LogP contribution in [0.5, 0.6) is 11.6 Å². The molecule has 7 nitrogen and oxygen atoms in total. The van der Waals surface area contributed by atoms with Gasteiger partial charge in [-0.15, -0.1) is 0 Å². The lowest BCUT2D eigenvalue weighted by molar-refractivity contribution is -0.121. The second-order valence-electron chi connectivity index (χ2n) is 7.23. The van der Waals surface area contributed by atoms with Crippen LogP contribution in [0.25, 0.3) is 0 Å². The first-order valence-corrected chi connectivity index (χ1v) is 11.4. The first-order chi connectivity index (χ1) is 15.2. The van der Waals surface area contributed by atoms with Crippen molar-refractivity contribution in [3.8, 4) is 11.6 Å². The van der Waals surface area contributed by atoms with Crippen LogP contribution in [0.1, 0.15) is 23.1 Å². The number of hydrogen-bond acceptors (Lipinski definition) is 5. The summed E-state index contributed by atoms with van der Waals surface area (Å²) in [7, 11) is -3.67. The van der Waals surface area contributed by atoms with Crippen molar-refractivity contribution in [3.05, 3.63) is 83.3 Å². The van der Waals surface area contributed by atoms with Gasteiger partial charge in [-0.3, -0.25) is 4.79 Å². The Bertz CT molecular complexity index is 1200. The molecule has 0 aliphatic rings. The number of benzene rings is 2. The van der Waals surface area contributed by atoms with E-state index in [9.17, 15) is 17.6 Å². The van der Waals surface area contributed by atoms with Gasteiger partial charge in [0, 0.05) is 37.8 Å². The Hall–Kier alpha value is -3.30. The van der Waals surface area contributed by atoms with Crippen LogP contribution >= 0.6 is 0 Å². The highest BCUT2D eigenvalue weighted by molar-refractivity contribution is 7.89. The predicted octanol–water partition coefficient (Wildman–Crippen LogP) is 3.61. The molecule has 2 aromatic carbocycles. The number of amides is 1. The van der Waals surface area contributed by atoms with Gasteiger partial charge in [0.1, 0.15) is 11.6 Å². The highest BCUT2D eigenvalue weighted by Gasteiger charge is 2.15. The quantitative estimate of drug-likeness (QED) is 0.512. The number of rotatable bonds is 9. The van der Waals surface area contributed by atoms with E-state index in [1.165, 1.54) is 24.4 Å². The lowest BCUT2D eigenvalue weighted by Gasteiger charge is -2.09. The maximum Gasteiger partial charge on any atom is 0.240 e. The summed E-state index contributed by atoms with van der Waals surface area (Å²) in [5.41, 5.74) is 2.62. The van der Waals surface area contributed by atoms with Gasteiger partial charge in [0.15, 0.2) is 0 Å². The van der Waals surface area contributed by atoms with E-state index < -0.39 is 15.8 Å². The molecule has 1 aromatic heterocycles. The maximum atomic E-state index is 13.2. The van der Waals surface area contributed by atoms with Gasteiger partial charge in [-0.2, -0.15) is 0 Å². The summed E-state index contributed by atoms with van der Waals surface area (Å²) in [4.78, 5) is 16.4. The fourth-order valence-corrected chi connectivity index (χ4v) is 3.90. The Kier molecular flexibility index (Phi) is 7.55. The third kappa shape index (κ3) is 6.60. The molecular weight excluding hydrogens is 433 g/mol. The third-order valence-electron chi connectivity index (χ3n) is 4.74. The molecule has 0 fully saturated rings. The summed E-state index contributed by atoms with van der Waals surface area (Å²) in [5.74, 6) is -0.0702. The standard InChI is InChI=1S/C23H24FN3O4S/c1-16-6-8-21(12-17(16)2)32(29,30)27-11-10-22(28)25-14-18-7-9-23(26-15-18)31-20-5-3-4-19(24)13-20/h3-9,12-13,15,27H,10-11,14H2,1-2H3,(H,25,28). The Morgan fingerprint density at radius 3 is 2.56 bits per heavy atom. The van der Waals surface area contributed by atoms with E-state index in [-0.39, 0.29) is 30.3 Å². The number of hydrogen-bond donors (Lipinski definition) is 2. The van der Waals surface area contributed by atoms with Crippen molar-refractivity contribution in [1.29, 1.82) is 0 Å². The number of carbonyl (C=O) groups is 1. The van der Waals surface area contributed by atoms with Gasteiger partial charge >= 0.3 is 0 Å². The molecule has 2 N–H and O–H groups in total. The van der Waals surface area contributed by atoms with Crippen molar-refractivity contribution in [1.82, 2.24) is 15.0 Å². The minimum atomic E-state index is -3.67. The molecule has 0 saturated carbocycles. The van der Waals surface area contributed by atoms with Crippen LogP contribution < -0.4 is 14.8 Å². The lowest BCUT2D eigenvalue weighted by atomic mass is 10.1. The Balaban J connectivity index is 1.44. The number of aryl methyl sites for hydroxylation is 2. The number of pyridine rings is 1. The fourth-order valence-electron chi connectivity index (χ4n) is 2.78. The maximum absolute atomic E-state index is 13.2. The van der Waals surface area contributed by atoms with Crippen LogP contribution in [-0.4, -0.2) is 25.9 Å². The van der Waals surface area contributed by atoms with E-state index in [1.807, 2.05) is 13.8 Å². The average molecular weight is 458 g/mol. The lowest BCUT2D eigenvalue weighted by Crippen LogP contribution is -2.30. The van der Waals surface area contributed by atoms with E-state index in [0.717, 1.165) is 16.7 Å². The monoisotopic (exact) mass is 457 g/mol. The molecule has 0 spiro atoms. The van der Waals surface area contributed by atoms with Crippen LogP contribution in [-0.2, 0) is 21.4 Å². The van der Waals surface area contributed by atoms with Crippen molar-refractivity contribution < 1.29 is 22.3 Å². The SMILES string of the molecule is Cc1ccc(S(=O)(=O)NCCC(=O)NCc2ccc(Oc3cccc(F)c3)nc2)cc1C. The summed E-state index contributed by atoms with van der Waals surface area (Å²) in [6.07, 6.45) is 1.54. The van der Waals surface area contributed by atoms with E-state index in [4.69, 9.17) is 4.74 Å². The number of carbonyl (C=O) groups excluding carboxylic acids is 1. The van der Waals surface area contributed by atoms with E-state index in [2.05, 4.69) is 15.0 Å². The smallest absolute Gasteiger partial charge is 0.240 e. The Morgan fingerprint density at radius 2 is 1.88 bits per heavy atom.